The summed E-state index contributed by atoms with van der Waals surface area (Å²) in [6.45, 7) is 0.269. The third kappa shape index (κ3) is 3.77. The summed E-state index contributed by atoms with van der Waals surface area (Å²) in [5.41, 5.74) is 1.36. The first-order valence-corrected chi connectivity index (χ1v) is 10.0. The molecule has 8 nitrogen and oxygen atoms in total. The Hall–Kier alpha value is -4.59. The minimum Gasteiger partial charge on any atom is -0.319 e. The molecule has 0 saturated carbocycles. The molecule has 0 bridgehead atoms. The fraction of sp³-hybridized carbons (Fsp3) is 0.0417. The highest BCUT2D eigenvalue weighted by atomic mass is 16.2. The number of carbonyl (C=O) groups excluding carboxylic acids is 1. The van der Waals surface area contributed by atoms with Crippen LogP contribution in [-0.4, -0.2) is 30.5 Å². The van der Waals surface area contributed by atoms with Gasteiger partial charge in [-0.1, -0.05) is 48.5 Å². The van der Waals surface area contributed by atoms with Gasteiger partial charge in [0.15, 0.2) is 11.5 Å². The van der Waals surface area contributed by atoms with Crippen molar-refractivity contribution in [2.45, 2.75) is 6.54 Å². The quantitative estimate of drug-likeness (QED) is 0.469. The van der Waals surface area contributed by atoms with E-state index in [1.54, 1.807) is 65.7 Å². The lowest BCUT2D eigenvalue weighted by Gasteiger charge is -2.11. The average Bonchev–Trinajstić information content (AvgIpc) is 3.37. The topological polar surface area (TPSA) is 94.7 Å². The summed E-state index contributed by atoms with van der Waals surface area (Å²) >= 11 is 0. The standard InChI is InChI=1S/C24H18N6O2/c31-23(27-18-11-12-21(25-15-18)29-14-6-13-26-29)22-19-9-4-5-10-20(19)24(32)30(28-22)16-17-7-2-1-3-8-17/h1-15H,16H2,(H,27,31). The predicted octanol–water partition coefficient (Wildman–Crippen LogP) is 3.28. The van der Waals surface area contributed by atoms with Gasteiger partial charge in [0, 0.05) is 17.8 Å². The molecule has 0 fully saturated rings. The van der Waals surface area contributed by atoms with Gasteiger partial charge in [-0.15, -0.1) is 0 Å². The zero-order chi connectivity index (χ0) is 21.9. The number of anilines is 1. The van der Waals surface area contributed by atoms with Crippen LogP contribution >= 0.6 is 0 Å². The molecule has 3 heterocycles. The van der Waals surface area contributed by atoms with E-state index in [0.29, 0.717) is 22.3 Å². The van der Waals surface area contributed by atoms with Gasteiger partial charge >= 0.3 is 0 Å². The SMILES string of the molecule is O=C(Nc1ccc(-n2cccn2)nc1)c1nn(Cc2ccccc2)c(=O)c2ccccc12. The molecule has 2 aromatic carbocycles. The first-order valence-electron chi connectivity index (χ1n) is 10.0. The van der Waals surface area contributed by atoms with Gasteiger partial charge in [-0.25, -0.2) is 14.3 Å². The molecule has 3 aromatic heterocycles. The number of fused-ring (bicyclic) bond motifs is 1. The van der Waals surface area contributed by atoms with Gasteiger partial charge in [0.2, 0.25) is 0 Å². The molecule has 1 amide bonds. The van der Waals surface area contributed by atoms with Crippen LogP contribution in [0.15, 0.2) is 96.2 Å². The Morgan fingerprint density at radius 3 is 2.41 bits per heavy atom. The van der Waals surface area contributed by atoms with Crippen LogP contribution in [0.4, 0.5) is 5.69 Å². The molecule has 5 rings (SSSR count). The van der Waals surface area contributed by atoms with E-state index in [4.69, 9.17) is 0 Å². The molecule has 1 N–H and O–H groups in total. The molecule has 0 saturated heterocycles. The van der Waals surface area contributed by atoms with E-state index in [0.717, 1.165) is 5.56 Å². The Morgan fingerprint density at radius 1 is 0.906 bits per heavy atom. The molecule has 5 aromatic rings. The zero-order valence-electron chi connectivity index (χ0n) is 16.9. The summed E-state index contributed by atoms with van der Waals surface area (Å²) in [6, 6.07) is 21.8. The maximum Gasteiger partial charge on any atom is 0.276 e. The molecule has 0 aliphatic heterocycles. The van der Waals surface area contributed by atoms with Crippen molar-refractivity contribution in [3.8, 4) is 5.82 Å². The molecular weight excluding hydrogens is 404 g/mol. The number of hydrogen-bond acceptors (Lipinski definition) is 5. The number of nitrogens with one attached hydrogen (secondary N) is 1. The van der Waals surface area contributed by atoms with Crippen molar-refractivity contribution >= 4 is 22.4 Å². The average molecular weight is 422 g/mol. The van der Waals surface area contributed by atoms with Gasteiger partial charge in [-0.05, 0) is 29.8 Å². The van der Waals surface area contributed by atoms with Crippen molar-refractivity contribution < 1.29 is 4.79 Å². The number of carbonyl (C=O) groups is 1. The molecule has 0 aliphatic carbocycles. The molecular formula is C24H18N6O2. The predicted molar refractivity (Wildman–Crippen MR) is 121 cm³/mol. The number of hydrogen-bond donors (Lipinski definition) is 1. The van der Waals surface area contributed by atoms with Crippen LogP contribution < -0.4 is 10.9 Å². The molecule has 0 spiro atoms. The molecule has 0 radical (unpaired) electrons. The van der Waals surface area contributed by atoms with Gasteiger partial charge in [0.1, 0.15) is 0 Å². The smallest absolute Gasteiger partial charge is 0.276 e. The zero-order valence-corrected chi connectivity index (χ0v) is 16.9. The highest BCUT2D eigenvalue weighted by Gasteiger charge is 2.17. The second-order valence-corrected chi connectivity index (χ2v) is 7.15. The Balaban J connectivity index is 1.49. The van der Waals surface area contributed by atoms with Crippen LogP contribution in [0.2, 0.25) is 0 Å². The lowest BCUT2D eigenvalue weighted by Crippen LogP contribution is -2.28. The van der Waals surface area contributed by atoms with Crippen LogP contribution in [0.5, 0.6) is 0 Å². The second kappa shape index (κ2) is 8.27. The summed E-state index contributed by atoms with van der Waals surface area (Å²) in [4.78, 5) is 30.4. The maximum atomic E-state index is 13.1. The van der Waals surface area contributed by atoms with E-state index in [-0.39, 0.29) is 17.8 Å². The van der Waals surface area contributed by atoms with Crippen molar-refractivity contribution in [3.63, 3.8) is 0 Å². The van der Waals surface area contributed by atoms with Crippen LogP contribution in [0.3, 0.4) is 0 Å². The van der Waals surface area contributed by atoms with Crippen molar-refractivity contribution in [3.05, 3.63) is 113 Å². The van der Waals surface area contributed by atoms with E-state index in [9.17, 15) is 9.59 Å². The number of benzene rings is 2. The number of aromatic nitrogens is 5. The van der Waals surface area contributed by atoms with Gasteiger partial charge in [-0.3, -0.25) is 9.59 Å². The lowest BCUT2D eigenvalue weighted by molar-refractivity contribution is 0.102. The fourth-order valence-corrected chi connectivity index (χ4v) is 3.46. The molecule has 8 heteroatoms. The van der Waals surface area contributed by atoms with Crippen LogP contribution in [0.25, 0.3) is 16.6 Å². The van der Waals surface area contributed by atoms with Crippen molar-refractivity contribution in [2.75, 3.05) is 5.32 Å². The molecule has 0 aliphatic rings. The first-order chi connectivity index (χ1) is 15.7. The van der Waals surface area contributed by atoms with E-state index in [2.05, 4.69) is 20.5 Å². The molecule has 32 heavy (non-hydrogen) atoms. The van der Waals surface area contributed by atoms with E-state index in [1.807, 2.05) is 30.3 Å². The first kappa shape index (κ1) is 19.4. The van der Waals surface area contributed by atoms with Crippen LogP contribution in [0, 0.1) is 0 Å². The Morgan fingerprint density at radius 2 is 1.69 bits per heavy atom. The van der Waals surface area contributed by atoms with Crippen molar-refractivity contribution in [1.82, 2.24) is 24.5 Å². The van der Waals surface area contributed by atoms with E-state index >= 15 is 0 Å². The summed E-state index contributed by atoms with van der Waals surface area (Å²) in [5.74, 6) is 0.213. The lowest BCUT2D eigenvalue weighted by atomic mass is 10.1. The van der Waals surface area contributed by atoms with E-state index in [1.165, 1.54) is 4.68 Å². The Bertz CT molecular complexity index is 1440. The second-order valence-electron chi connectivity index (χ2n) is 7.15. The van der Waals surface area contributed by atoms with Crippen LogP contribution in [0.1, 0.15) is 16.1 Å². The highest BCUT2D eigenvalue weighted by Crippen LogP contribution is 2.16. The van der Waals surface area contributed by atoms with Crippen molar-refractivity contribution in [2.24, 2.45) is 0 Å². The Kier molecular flexibility index (Phi) is 5.01. The normalized spacial score (nSPS) is 10.9. The van der Waals surface area contributed by atoms with Gasteiger partial charge in [0.05, 0.1) is 23.8 Å². The molecule has 0 atom stereocenters. The number of rotatable bonds is 5. The third-order valence-electron chi connectivity index (χ3n) is 5.00. The summed E-state index contributed by atoms with van der Waals surface area (Å²) < 4.78 is 2.95. The van der Waals surface area contributed by atoms with Gasteiger partial charge < -0.3 is 5.32 Å². The number of amides is 1. The van der Waals surface area contributed by atoms with Crippen molar-refractivity contribution in [1.29, 1.82) is 0 Å². The molecule has 0 unspecified atom stereocenters. The van der Waals surface area contributed by atoms with Crippen LogP contribution in [-0.2, 0) is 6.54 Å². The minimum atomic E-state index is -0.420. The largest absolute Gasteiger partial charge is 0.319 e. The molecule has 156 valence electrons. The van der Waals surface area contributed by atoms with E-state index < -0.39 is 5.91 Å². The summed E-state index contributed by atoms with van der Waals surface area (Å²) in [5, 5.41) is 12.3. The van der Waals surface area contributed by atoms with Gasteiger partial charge in [-0.2, -0.15) is 10.2 Å². The summed E-state index contributed by atoms with van der Waals surface area (Å²) in [6.07, 6.45) is 5.00. The number of nitrogens with zero attached hydrogens (tertiary/aromatic N) is 5. The monoisotopic (exact) mass is 422 g/mol. The minimum absolute atomic E-state index is 0.173. The fourth-order valence-electron chi connectivity index (χ4n) is 3.46. The Labute approximate surface area is 182 Å². The summed E-state index contributed by atoms with van der Waals surface area (Å²) in [7, 11) is 0. The highest BCUT2D eigenvalue weighted by molar-refractivity contribution is 6.11. The number of pyridine rings is 1. The third-order valence-corrected chi connectivity index (χ3v) is 5.00. The van der Waals surface area contributed by atoms with Gasteiger partial charge in [0.25, 0.3) is 11.5 Å². The maximum absolute atomic E-state index is 13.1.